The molecule has 0 saturated carbocycles. The first-order valence-electron chi connectivity index (χ1n) is 4.77. The average Bonchev–Trinajstić information content (AvgIpc) is 2.24. The zero-order valence-electron chi connectivity index (χ0n) is 8.81. The number of aromatic nitrogens is 2. The molecule has 0 spiro atoms. The van der Waals surface area contributed by atoms with Gasteiger partial charge in [-0.1, -0.05) is 22.0 Å². The molecule has 2 rings (SSSR count). The van der Waals surface area contributed by atoms with E-state index in [2.05, 4.69) is 20.9 Å². The van der Waals surface area contributed by atoms with Gasteiger partial charge >= 0.3 is 0 Å². The molecule has 5 heteroatoms. The Balaban J connectivity index is 0.00000128. The van der Waals surface area contributed by atoms with E-state index in [1.54, 1.807) is 10.6 Å². The zero-order valence-corrected chi connectivity index (χ0v) is 12.1. The fourth-order valence-corrected chi connectivity index (χ4v) is 2.02. The molecule has 0 aliphatic carbocycles. The van der Waals surface area contributed by atoms with E-state index in [-0.39, 0.29) is 22.5 Å². The Hall–Kier alpha value is -0.680. The minimum atomic E-state index is 0. The van der Waals surface area contributed by atoms with Gasteiger partial charge in [-0.15, -0.1) is 17.0 Å². The van der Waals surface area contributed by atoms with Crippen LogP contribution in [-0.2, 0) is 6.42 Å². The van der Waals surface area contributed by atoms with Crippen LogP contribution in [0.2, 0.25) is 0 Å². The van der Waals surface area contributed by atoms with Crippen molar-refractivity contribution in [1.82, 2.24) is 9.38 Å². The molecule has 2 heterocycles. The molecule has 0 N–H and O–H groups in total. The molecule has 0 aromatic carbocycles. The second-order valence-corrected chi connectivity index (χ2v) is 4.14. The van der Waals surface area contributed by atoms with Crippen LogP contribution >= 0.6 is 32.9 Å². The van der Waals surface area contributed by atoms with E-state index in [0.717, 1.165) is 23.0 Å². The summed E-state index contributed by atoms with van der Waals surface area (Å²) >= 11 is 3.34. The molecule has 3 nitrogen and oxygen atoms in total. The molecule has 0 fully saturated rings. The third-order valence-corrected chi connectivity index (χ3v) is 2.78. The number of aryl methyl sites for hydroxylation is 1. The van der Waals surface area contributed by atoms with Crippen LogP contribution in [0, 0.1) is 6.92 Å². The molecule has 0 atom stereocenters. The van der Waals surface area contributed by atoms with Gasteiger partial charge in [0.05, 0.1) is 0 Å². The third kappa shape index (κ3) is 2.35. The van der Waals surface area contributed by atoms with Crippen molar-refractivity contribution in [3.63, 3.8) is 0 Å². The van der Waals surface area contributed by atoms with E-state index in [1.165, 1.54) is 0 Å². The van der Waals surface area contributed by atoms with Crippen LogP contribution < -0.4 is 5.56 Å². The van der Waals surface area contributed by atoms with Crippen LogP contribution in [0.3, 0.4) is 0 Å². The first-order chi connectivity index (χ1) is 7.24. The summed E-state index contributed by atoms with van der Waals surface area (Å²) in [5, 5.41) is 0.781. The predicted octanol–water partition coefficient (Wildman–Crippen LogP) is 2.52. The maximum Gasteiger partial charge on any atom is 0.261 e. The second-order valence-electron chi connectivity index (χ2n) is 3.35. The van der Waals surface area contributed by atoms with Gasteiger partial charge < -0.3 is 0 Å². The highest BCUT2D eigenvalue weighted by Crippen LogP contribution is 2.05. The summed E-state index contributed by atoms with van der Waals surface area (Å²) in [5.74, 6) is 0. The Morgan fingerprint density at radius 1 is 1.44 bits per heavy atom. The van der Waals surface area contributed by atoms with Gasteiger partial charge in [-0.05, 0) is 25.5 Å². The van der Waals surface area contributed by atoms with Crippen LogP contribution in [0.4, 0.5) is 0 Å². The number of pyridine rings is 1. The molecule has 0 amide bonds. The number of hydrogen-bond donors (Lipinski definition) is 0. The van der Waals surface area contributed by atoms with Gasteiger partial charge in [0.1, 0.15) is 5.65 Å². The molecule has 0 bridgehead atoms. The molecule has 2 aromatic heterocycles. The lowest BCUT2D eigenvalue weighted by Gasteiger charge is -2.05. The first-order valence-corrected chi connectivity index (χ1v) is 5.89. The Morgan fingerprint density at radius 3 is 2.88 bits per heavy atom. The molecular weight excluding hydrogens is 336 g/mol. The quantitative estimate of drug-likeness (QED) is 0.782. The Kier molecular flexibility index (Phi) is 4.68. The van der Waals surface area contributed by atoms with Gasteiger partial charge in [0.2, 0.25) is 0 Å². The average molecular weight is 348 g/mol. The van der Waals surface area contributed by atoms with E-state index in [4.69, 9.17) is 0 Å². The fourth-order valence-electron chi connectivity index (χ4n) is 1.62. The highest BCUT2D eigenvalue weighted by atomic mass is 79.9. The van der Waals surface area contributed by atoms with Crippen molar-refractivity contribution in [3.8, 4) is 0 Å². The largest absolute Gasteiger partial charge is 0.269 e. The Labute approximate surface area is 112 Å². The van der Waals surface area contributed by atoms with Gasteiger partial charge in [0, 0.05) is 22.8 Å². The van der Waals surface area contributed by atoms with E-state index in [1.807, 2.05) is 25.1 Å². The molecule has 0 radical (unpaired) electrons. The van der Waals surface area contributed by atoms with Gasteiger partial charge in [0.15, 0.2) is 0 Å². The first kappa shape index (κ1) is 13.4. The van der Waals surface area contributed by atoms with Gasteiger partial charge in [0.25, 0.3) is 5.56 Å². The van der Waals surface area contributed by atoms with Crippen LogP contribution in [-0.4, -0.2) is 14.7 Å². The molecule has 16 heavy (non-hydrogen) atoms. The molecular formula is C11H12Br2N2O. The summed E-state index contributed by atoms with van der Waals surface area (Å²) in [4.78, 5) is 16.4. The predicted molar refractivity (Wildman–Crippen MR) is 74.0 cm³/mol. The molecule has 0 saturated heterocycles. The Morgan fingerprint density at radius 2 is 2.19 bits per heavy atom. The van der Waals surface area contributed by atoms with E-state index in [0.29, 0.717) is 5.65 Å². The standard InChI is InChI=1S/C11H11BrN2O.BrH/c1-8-9(5-6-12)11(15)14-7-3-2-4-10(14)13-8;/h2-4,7H,5-6H2,1H3;1H. The summed E-state index contributed by atoms with van der Waals surface area (Å²) < 4.78 is 1.59. The van der Waals surface area contributed by atoms with Gasteiger partial charge in [-0.3, -0.25) is 9.20 Å². The number of alkyl halides is 1. The van der Waals surface area contributed by atoms with Crippen LogP contribution in [0.25, 0.3) is 5.65 Å². The summed E-state index contributed by atoms with van der Waals surface area (Å²) in [5.41, 5.74) is 2.36. The van der Waals surface area contributed by atoms with E-state index >= 15 is 0 Å². The van der Waals surface area contributed by atoms with Crippen LogP contribution in [0.15, 0.2) is 29.2 Å². The van der Waals surface area contributed by atoms with Crippen LogP contribution in [0.1, 0.15) is 11.3 Å². The lowest BCUT2D eigenvalue weighted by atomic mass is 10.2. The van der Waals surface area contributed by atoms with Crippen molar-refractivity contribution in [1.29, 1.82) is 0 Å². The number of fused-ring (bicyclic) bond motifs is 1. The number of nitrogens with zero attached hydrogens (tertiary/aromatic N) is 2. The summed E-state index contributed by atoms with van der Waals surface area (Å²) in [6.45, 7) is 1.88. The smallest absolute Gasteiger partial charge is 0.261 e. The second kappa shape index (κ2) is 5.59. The summed E-state index contributed by atoms with van der Waals surface area (Å²) in [6, 6.07) is 5.56. The summed E-state index contributed by atoms with van der Waals surface area (Å²) in [6.07, 6.45) is 2.47. The van der Waals surface area contributed by atoms with Crippen molar-refractivity contribution in [3.05, 3.63) is 46.0 Å². The normalized spacial score (nSPS) is 10.1. The minimum absolute atomic E-state index is 0. The van der Waals surface area contributed by atoms with Crippen molar-refractivity contribution in [2.24, 2.45) is 0 Å². The lowest BCUT2D eigenvalue weighted by molar-refractivity contribution is 0.943. The lowest BCUT2D eigenvalue weighted by Crippen LogP contribution is -2.21. The van der Waals surface area contributed by atoms with Crippen molar-refractivity contribution < 1.29 is 0 Å². The highest BCUT2D eigenvalue weighted by molar-refractivity contribution is 9.09. The van der Waals surface area contributed by atoms with Crippen molar-refractivity contribution in [2.45, 2.75) is 13.3 Å². The van der Waals surface area contributed by atoms with Crippen LogP contribution in [0.5, 0.6) is 0 Å². The zero-order chi connectivity index (χ0) is 10.8. The minimum Gasteiger partial charge on any atom is -0.269 e. The van der Waals surface area contributed by atoms with Crippen molar-refractivity contribution >= 4 is 38.6 Å². The van der Waals surface area contributed by atoms with Crippen molar-refractivity contribution in [2.75, 3.05) is 5.33 Å². The Bertz CT molecular complexity index is 551. The van der Waals surface area contributed by atoms with Gasteiger partial charge in [-0.2, -0.15) is 0 Å². The monoisotopic (exact) mass is 346 g/mol. The fraction of sp³-hybridized carbons (Fsp3) is 0.273. The third-order valence-electron chi connectivity index (χ3n) is 2.38. The highest BCUT2D eigenvalue weighted by Gasteiger charge is 2.07. The number of hydrogen-bond acceptors (Lipinski definition) is 2. The topological polar surface area (TPSA) is 34.4 Å². The molecule has 2 aromatic rings. The molecule has 0 aliphatic rings. The number of halogens is 2. The number of rotatable bonds is 2. The molecule has 86 valence electrons. The molecule has 0 unspecified atom stereocenters. The van der Waals surface area contributed by atoms with E-state index < -0.39 is 0 Å². The summed E-state index contributed by atoms with van der Waals surface area (Å²) in [7, 11) is 0. The van der Waals surface area contributed by atoms with Gasteiger partial charge in [-0.25, -0.2) is 4.98 Å². The maximum atomic E-state index is 12.0. The van der Waals surface area contributed by atoms with E-state index in [9.17, 15) is 4.79 Å². The SMILES string of the molecule is Br.Cc1nc2ccccn2c(=O)c1CCBr. The maximum absolute atomic E-state index is 12.0. The molecule has 0 aliphatic heterocycles.